The SMILES string of the molecule is CC(C(=O)O)=C(CCCC1CO1)CCCC1CO1. The maximum Gasteiger partial charge on any atom is 0.331 e. The Hall–Kier alpha value is -0.870. The Balaban J connectivity index is 1.75. The molecule has 2 aliphatic rings. The van der Waals surface area contributed by atoms with Gasteiger partial charge in [-0.1, -0.05) is 5.57 Å². The van der Waals surface area contributed by atoms with E-state index >= 15 is 0 Å². The summed E-state index contributed by atoms with van der Waals surface area (Å²) in [4.78, 5) is 11.1. The van der Waals surface area contributed by atoms with Gasteiger partial charge in [0, 0.05) is 5.57 Å². The molecule has 2 saturated heterocycles. The van der Waals surface area contributed by atoms with E-state index in [0.717, 1.165) is 57.3 Å². The van der Waals surface area contributed by atoms with E-state index in [-0.39, 0.29) is 0 Å². The van der Waals surface area contributed by atoms with Gasteiger partial charge in [0.2, 0.25) is 0 Å². The first-order chi connectivity index (χ1) is 8.66. The van der Waals surface area contributed by atoms with Crippen molar-refractivity contribution in [2.75, 3.05) is 13.2 Å². The van der Waals surface area contributed by atoms with E-state index < -0.39 is 5.97 Å². The Morgan fingerprint density at radius 1 is 1.11 bits per heavy atom. The molecule has 2 rings (SSSR count). The smallest absolute Gasteiger partial charge is 0.331 e. The van der Waals surface area contributed by atoms with Gasteiger partial charge >= 0.3 is 5.97 Å². The second-order valence-corrected chi connectivity index (χ2v) is 5.23. The summed E-state index contributed by atoms with van der Waals surface area (Å²) < 4.78 is 10.3. The minimum Gasteiger partial charge on any atom is -0.478 e. The van der Waals surface area contributed by atoms with Crippen molar-refractivity contribution < 1.29 is 19.4 Å². The van der Waals surface area contributed by atoms with Crippen LogP contribution in [0.3, 0.4) is 0 Å². The summed E-state index contributed by atoms with van der Waals surface area (Å²) in [6.45, 7) is 3.49. The number of hydrogen-bond donors (Lipinski definition) is 1. The Morgan fingerprint density at radius 2 is 1.56 bits per heavy atom. The monoisotopic (exact) mass is 254 g/mol. The number of carbonyl (C=O) groups is 1. The first-order valence-electron chi connectivity index (χ1n) is 6.82. The third kappa shape index (κ3) is 4.78. The highest BCUT2D eigenvalue weighted by molar-refractivity contribution is 5.86. The number of rotatable bonds is 9. The topological polar surface area (TPSA) is 62.4 Å². The zero-order chi connectivity index (χ0) is 13.0. The molecule has 0 aromatic heterocycles. The van der Waals surface area contributed by atoms with Crippen molar-refractivity contribution in [3.63, 3.8) is 0 Å². The van der Waals surface area contributed by atoms with Crippen molar-refractivity contribution in [1.29, 1.82) is 0 Å². The van der Waals surface area contributed by atoms with Crippen LogP contribution in [0, 0.1) is 0 Å². The van der Waals surface area contributed by atoms with Crippen molar-refractivity contribution in [2.24, 2.45) is 0 Å². The van der Waals surface area contributed by atoms with Gasteiger partial charge in [0.1, 0.15) is 0 Å². The normalized spacial score (nSPS) is 24.7. The molecule has 102 valence electrons. The van der Waals surface area contributed by atoms with Crippen LogP contribution in [0.2, 0.25) is 0 Å². The van der Waals surface area contributed by atoms with Crippen LogP contribution in [0.5, 0.6) is 0 Å². The summed E-state index contributed by atoms with van der Waals surface area (Å²) in [6, 6.07) is 0. The van der Waals surface area contributed by atoms with Gasteiger partial charge in [0.25, 0.3) is 0 Å². The average molecular weight is 254 g/mol. The van der Waals surface area contributed by atoms with Crippen molar-refractivity contribution >= 4 is 5.97 Å². The van der Waals surface area contributed by atoms with Crippen molar-refractivity contribution in [1.82, 2.24) is 0 Å². The largest absolute Gasteiger partial charge is 0.478 e. The Kier molecular flexibility index (Phi) is 4.78. The van der Waals surface area contributed by atoms with Crippen LogP contribution in [0.25, 0.3) is 0 Å². The highest BCUT2D eigenvalue weighted by Gasteiger charge is 2.23. The van der Waals surface area contributed by atoms with E-state index in [1.165, 1.54) is 0 Å². The molecule has 2 unspecified atom stereocenters. The first-order valence-corrected chi connectivity index (χ1v) is 6.82. The molecule has 4 heteroatoms. The lowest BCUT2D eigenvalue weighted by molar-refractivity contribution is -0.132. The quantitative estimate of drug-likeness (QED) is 0.507. The lowest BCUT2D eigenvalue weighted by Crippen LogP contribution is -2.03. The van der Waals surface area contributed by atoms with Gasteiger partial charge in [-0.15, -0.1) is 0 Å². The van der Waals surface area contributed by atoms with Crippen molar-refractivity contribution in [3.05, 3.63) is 11.1 Å². The van der Waals surface area contributed by atoms with E-state index in [1.54, 1.807) is 6.92 Å². The van der Waals surface area contributed by atoms with E-state index in [4.69, 9.17) is 14.6 Å². The zero-order valence-electron chi connectivity index (χ0n) is 11.0. The third-order valence-corrected chi connectivity index (χ3v) is 3.67. The van der Waals surface area contributed by atoms with Crippen LogP contribution in [0.15, 0.2) is 11.1 Å². The van der Waals surface area contributed by atoms with E-state index in [1.807, 2.05) is 0 Å². The molecular weight excluding hydrogens is 232 g/mol. The number of allylic oxidation sites excluding steroid dienone is 1. The fourth-order valence-corrected chi connectivity index (χ4v) is 2.21. The van der Waals surface area contributed by atoms with Crippen molar-refractivity contribution in [3.8, 4) is 0 Å². The van der Waals surface area contributed by atoms with Crippen LogP contribution < -0.4 is 0 Å². The molecule has 2 heterocycles. The number of carboxylic acids is 1. The Bertz CT molecular complexity index is 307. The van der Waals surface area contributed by atoms with Crippen LogP contribution in [-0.2, 0) is 14.3 Å². The fourth-order valence-electron chi connectivity index (χ4n) is 2.21. The highest BCUT2D eigenvalue weighted by Crippen LogP contribution is 2.25. The lowest BCUT2D eigenvalue weighted by atomic mass is 9.97. The maximum atomic E-state index is 11.1. The summed E-state index contributed by atoms with van der Waals surface area (Å²) in [5, 5.41) is 9.09. The predicted molar refractivity (Wildman–Crippen MR) is 67.5 cm³/mol. The Labute approximate surface area is 108 Å². The van der Waals surface area contributed by atoms with Gasteiger partial charge in [-0.25, -0.2) is 4.79 Å². The minimum atomic E-state index is -0.782. The van der Waals surface area contributed by atoms with Gasteiger partial charge < -0.3 is 14.6 Å². The molecule has 4 nitrogen and oxygen atoms in total. The summed E-state index contributed by atoms with van der Waals surface area (Å²) in [6.07, 6.45) is 6.85. The summed E-state index contributed by atoms with van der Waals surface area (Å²) in [5.74, 6) is -0.782. The molecule has 2 aliphatic heterocycles. The number of carboxylic acid groups (broad SMARTS) is 1. The number of hydrogen-bond acceptors (Lipinski definition) is 3. The Morgan fingerprint density at radius 3 is 1.89 bits per heavy atom. The fraction of sp³-hybridized carbons (Fsp3) is 0.786. The van der Waals surface area contributed by atoms with Gasteiger partial charge in [-0.05, 0) is 45.4 Å². The summed E-state index contributed by atoms with van der Waals surface area (Å²) in [5.41, 5.74) is 1.63. The molecule has 18 heavy (non-hydrogen) atoms. The minimum absolute atomic E-state index is 0.441. The number of ether oxygens (including phenoxy) is 2. The molecule has 2 fully saturated rings. The van der Waals surface area contributed by atoms with Crippen LogP contribution in [0.4, 0.5) is 0 Å². The molecule has 1 N–H and O–H groups in total. The number of epoxide rings is 2. The second kappa shape index (κ2) is 6.34. The molecule has 0 aliphatic carbocycles. The van der Waals surface area contributed by atoms with E-state index in [9.17, 15) is 4.79 Å². The molecule has 0 aromatic carbocycles. The summed E-state index contributed by atoms with van der Waals surface area (Å²) >= 11 is 0. The maximum absolute atomic E-state index is 11.1. The van der Waals surface area contributed by atoms with Crippen LogP contribution in [-0.4, -0.2) is 36.5 Å². The van der Waals surface area contributed by atoms with E-state index in [2.05, 4.69) is 0 Å². The zero-order valence-corrected chi connectivity index (χ0v) is 11.0. The standard InChI is InChI=1S/C14H22O4/c1-10(14(15)16)11(4-2-6-12-8-17-12)5-3-7-13-9-18-13/h12-13H,2-9H2,1H3,(H,15,16). The molecule has 0 bridgehead atoms. The molecular formula is C14H22O4. The summed E-state index contributed by atoms with van der Waals surface area (Å²) in [7, 11) is 0. The predicted octanol–water partition coefficient (Wildman–Crippen LogP) is 2.53. The third-order valence-electron chi connectivity index (χ3n) is 3.67. The van der Waals surface area contributed by atoms with Crippen molar-refractivity contribution in [2.45, 2.75) is 57.7 Å². The molecule has 0 amide bonds. The van der Waals surface area contributed by atoms with Gasteiger partial charge in [0.15, 0.2) is 0 Å². The lowest BCUT2D eigenvalue weighted by Gasteiger charge is -2.09. The van der Waals surface area contributed by atoms with Crippen LogP contribution >= 0.6 is 0 Å². The van der Waals surface area contributed by atoms with Gasteiger partial charge in [-0.3, -0.25) is 0 Å². The highest BCUT2D eigenvalue weighted by atomic mass is 16.6. The molecule has 0 aromatic rings. The molecule has 0 spiro atoms. The average Bonchev–Trinajstić information content (AvgIpc) is 3.20. The first kappa shape index (κ1) is 13.6. The van der Waals surface area contributed by atoms with Gasteiger partial charge in [-0.2, -0.15) is 0 Å². The second-order valence-electron chi connectivity index (χ2n) is 5.23. The van der Waals surface area contributed by atoms with Gasteiger partial charge in [0.05, 0.1) is 25.4 Å². The van der Waals surface area contributed by atoms with E-state index in [0.29, 0.717) is 17.8 Å². The number of aliphatic carboxylic acids is 1. The molecule has 0 radical (unpaired) electrons. The molecule has 2 atom stereocenters. The molecule has 0 saturated carbocycles. The van der Waals surface area contributed by atoms with Crippen LogP contribution in [0.1, 0.15) is 45.4 Å².